The zero-order valence-corrected chi connectivity index (χ0v) is 6.39. The lowest BCUT2D eigenvalue weighted by Gasteiger charge is -2.08. The van der Waals surface area contributed by atoms with E-state index in [4.69, 9.17) is 5.21 Å². The first-order chi connectivity index (χ1) is 4.26. The standard InChI is InChI=1S/C7H15NO/c1-4-7(5-2)6(3)8-9/h7,9H,4-5H2,1-3H3. The minimum absolute atomic E-state index is 0.468. The van der Waals surface area contributed by atoms with Crippen LogP contribution in [0, 0.1) is 5.92 Å². The van der Waals surface area contributed by atoms with Crippen molar-refractivity contribution in [2.45, 2.75) is 33.6 Å². The second kappa shape index (κ2) is 4.36. The largest absolute Gasteiger partial charge is 0.411 e. The van der Waals surface area contributed by atoms with E-state index in [1.54, 1.807) is 0 Å². The molecule has 0 amide bonds. The Balaban J connectivity index is 3.79. The van der Waals surface area contributed by atoms with Crippen LogP contribution in [0.1, 0.15) is 33.6 Å². The molecular formula is C7H15NO. The lowest BCUT2D eigenvalue weighted by atomic mass is 9.99. The second-order valence-corrected chi connectivity index (χ2v) is 2.25. The Morgan fingerprint density at radius 2 is 1.89 bits per heavy atom. The highest BCUT2D eigenvalue weighted by atomic mass is 16.4. The van der Waals surface area contributed by atoms with Crippen LogP contribution in [-0.2, 0) is 0 Å². The van der Waals surface area contributed by atoms with Crippen molar-refractivity contribution >= 4 is 5.71 Å². The summed E-state index contributed by atoms with van der Waals surface area (Å²) in [5, 5.41) is 11.5. The van der Waals surface area contributed by atoms with E-state index in [-0.39, 0.29) is 0 Å². The monoisotopic (exact) mass is 129 g/mol. The Labute approximate surface area is 56.6 Å². The summed E-state index contributed by atoms with van der Waals surface area (Å²) in [6.45, 7) is 6.06. The molecule has 0 aromatic carbocycles. The summed E-state index contributed by atoms with van der Waals surface area (Å²) in [5.74, 6) is 0.468. The average Bonchev–Trinajstić information content (AvgIpc) is 1.90. The summed E-state index contributed by atoms with van der Waals surface area (Å²) in [4.78, 5) is 0. The molecule has 0 spiro atoms. The van der Waals surface area contributed by atoms with Crippen LogP contribution in [0.15, 0.2) is 5.16 Å². The number of nitrogens with zero attached hydrogens (tertiary/aromatic N) is 1. The van der Waals surface area contributed by atoms with Gasteiger partial charge in [-0.05, 0) is 25.7 Å². The summed E-state index contributed by atoms with van der Waals surface area (Å²) in [6.07, 6.45) is 2.12. The Morgan fingerprint density at radius 1 is 1.44 bits per heavy atom. The second-order valence-electron chi connectivity index (χ2n) is 2.25. The van der Waals surface area contributed by atoms with Crippen LogP contribution in [0.5, 0.6) is 0 Å². The molecule has 0 saturated heterocycles. The first-order valence-electron chi connectivity index (χ1n) is 3.44. The van der Waals surface area contributed by atoms with Gasteiger partial charge in [-0.2, -0.15) is 0 Å². The van der Waals surface area contributed by atoms with Crippen molar-refractivity contribution in [1.82, 2.24) is 0 Å². The van der Waals surface area contributed by atoms with Crippen LogP contribution in [0.4, 0.5) is 0 Å². The number of hydrogen-bond donors (Lipinski definition) is 1. The Bertz CT molecular complexity index is 95.1. The van der Waals surface area contributed by atoms with E-state index in [9.17, 15) is 0 Å². The normalized spacial score (nSPS) is 12.7. The molecule has 9 heavy (non-hydrogen) atoms. The average molecular weight is 129 g/mol. The van der Waals surface area contributed by atoms with E-state index in [0.717, 1.165) is 18.6 Å². The zero-order chi connectivity index (χ0) is 7.28. The molecule has 0 aliphatic rings. The molecule has 2 nitrogen and oxygen atoms in total. The van der Waals surface area contributed by atoms with E-state index in [1.165, 1.54) is 0 Å². The maximum atomic E-state index is 8.36. The smallest absolute Gasteiger partial charge is 0.0570 e. The van der Waals surface area contributed by atoms with Crippen molar-refractivity contribution in [3.8, 4) is 0 Å². The highest BCUT2D eigenvalue weighted by Gasteiger charge is 2.05. The van der Waals surface area contributed by atoms with Crippen LogP contribution >= 0.6 is 0 Å². The van der Waals surface area contributed by atoms with Crippen LogP contribution < -0.4 is 0 Å². The quantitative estimate of drug-likeness (QED) is 0.354. The van der Waals surface area contributed by atoms with E-state index < -0.39 is 0 Å². The molecule has 0 saturated carbocycles. The summed E-state index contributed by atoms with van der Waals surface area (Å²) < 4.78 is 0. The number of hydrogen-bond acceptors (Lipinski definition) is 2. The first kappa shape index (κ1) is 8.47. The van der Waals surface area contributed by atoms with Gasteiger partial charge in [0.2, 0.25) is 0 Å². The highest BCUT2D eigenvalue weighted by molar-refractivity contribution is 5.83. The van der Waals surface area contributed by atoms with Crippen LogP contribution in [-0.4, -0.2) is 10.9 Å². The fourth-order valence-corrected chi connectivity index (χ4v) is 0.961. The van der Waals surface area contributed by atoms with Gasteiger partial charge in [-0.1, -0.05) is 19.0 Å². The summed E-state index contributed by atoms with van der Waals surface area (Å²) >= 11 is 0. The lowest BCUT2D eigenvalue weighted by molar-refractivity contribution is 0.313. The van der Waals surface area contributed by atoms with Crippen molar-refractivity contribution < 1.29 is 5.21 Å². The summed E-state index contributed by atoms with van der Waals surface area (Å²) in [6, 6.07) is 0. The number of rotatable bonds is 3. The van der Waals surface area contributed by atoms with Crippen molar-refractivity contribution in [3.63, 3.8) is 0 Å². The molecule has 0 aromatic heterocycles. The van der Waals surface area contributed by atoms with Crippen molar-refractivity contribution in [2.24, 2.45) is 11.1 Å². The zero-order valence-electron chi connectivity index (χ0n) is 6.39. The molecule has 2 heteroatoms. The van der Waals surface area contributed by atoms with E-state index in [2.05, 4.69) is 19.0 Å². The van der Waals surface area contributed by atoms with E-state index in [1.807, 2.05) is 6.92 Å². The third-order valence-electron chi connectivity index (χ3n) is 1.73. The van der Waals surface area contributed by atoms with Crippen LogP contribution in [0.3, 0.4) is 0 Å². The van der Waals surface area contributed by atoms with Gasteiger partial charge in [0.15, 0.2) is 0 Å². The Hall–Kier alpha value is -0.530. The first-order valence-corrected chi connectivity index (χ1v) is 3.44. The molecule has 0 radical (unpaired) electrons. The Morgan fingerprint density at radius 3 is 2.00 bits per heavy atom. The fourth-order valence-electron chi connectivity index (χ4n) is 0.961. The maximum absolute atomic E-state index is 8.36. The topological polar surface area (TPSA) is 32.6 Å². The predicted octanol–water partition coefficient (Wildman–Crippen LogP) is 2.27. The predicted molar refractivity (Wildman–Crippen MR) is 39.0 cm³/mol. The van der Waals surface area contributed by atoms with Gasteiger partial charge in [0.1, 0.15) is 0 Å². The van der Waals surface area contributed by atoms with Gasteiger partial charge in [0.25, 0.3) is 0 Å². The van der Waals surface area contributed by atoms with E-state index >= 15 is 0 Å². The maximum Gasteiger partial charge on any atom is 0.0570 e. The molecule has 0 rings (SSSR count). The van der Waals surface area contributed by atoms with Crippen molar-refractivity contribution in [2.75, 3.05) is 0 Å². The third-order valence-corrected chi connectivity index (χ3v) is 1.73. The van der Waals surface area contributed by atoms with Crippen LogP contribution in [0.2, 0.25) is 0 Å². The number of oxime groups is 1. The van der Waals surface area contributed by atoms with Gasteiger partial charge < -0.3 is 5.21 Å². The van der Waals surface area contributed by atoms with Gasteiger partial charge in [-0.15, -0.1) is 0 Å². The minimum atomic E-state index is 0.468. The molecule has 0 aliphatic carbocycles. The van der Waals surface area contributed by atoms with Gasteiger partial charge in [-0.25, -0.2) is 0 Å². The van der Waals surface area contributed by atoms with Crippen LogP contribution in [0.25, 0.3) is 0 Å². The molecule has 54 valence electrons. The lowest BCUT2D eigenvalue weighted by Crippen LogP contribution is -2.08. The van der Waals surface area contributed by atoms with Crippen molar-refractivity contribution in [3.05, 3.63) is 0 Å². The van der Waals surface area contributed by atoms with Gasteiger partial charge >= 0.3 is 0 Å². The third kappa shape index (κ3) is 2.49. The highest BCUT2D eigenvalue weighted by Crippen LogP contribution is 2.08. The summed E-state index contributed by atoms with van der Waals surface area (Å²) in [7, 11) is 0. The molecule has 0 atom stereocenters. The van der Waals surface area contributed by atoms with E-state index in [0.29, 0.717) is 5.92 Å². The summed E-state index contributed by atoms with van der Waals surface area (Å²) in [5.41, 5.74) is 0.847. The molecule has 0 aromatic rings. The molecule has 0 aliphatic heterocycles. The molecule has 0 unspecified atom stereocenters. The van der Waals surface area contributed by atoms with Gasteiger partial charge in [0, 0.05) is 0 Å². The molecule has 0 fully saturated rings. The minimum Gasteiger partial charge on any atom is -0.411 e. The Kier molecular flexibility index (Phi) is 4.10. The van der Waals surface area contributed by atoms with Gasteiger partial charge in [0.05, 0.1) is 5.71 Å². The molecular weight excluding hydrogens is 114 g/mol. The molecule has 0 bridgehead atoms. The SMILES string of the molecule is CCC(CC)C(C)=NO. The molecule has 0 heterocycles. The molecule has 1 N–H and O–H groups in total. The van der Waals surface area contributed by atoms with Crippen molar-refractivity contribution in [1.29, 1.82) is 0 Å². The van der Waals surface area contributed by atoms with Gasteiger partial charge in [-0.3, -0.25) is 0 Å². The fraction of sp³-hybridized carbons (Fsp3) is 0.857.